The van der Waals surface area contributed by atoms with Crippen LogP contribution in [0.2, 0.25) is 0 Å². The van der Waals surface area contributed by atoms with Crippen molar-refractivity contribution in [2.45, 2.75) is 0 Å². The van der Waals surface area contributed by atoms with Crippen LogP contribution in [0.4, 0.5) is 17.1 Å². The second-order valence-electron chi connectivity index (χ2n) is 20.8. The lowest BCUT2D eigenvalue weighted by molar-refractivity contribution is 1.28. The SMILES string of the molecule is c1ccc2c(-c3ccc(-c4ccc(N(c5ccc(-c6ccc(-c7c8ccccc8cc8ccccc78)cc6)cc5)c5ccc(-c6ccc(-c7c8ccccc8cc8ccccc78)cc6)cc5)cc4)cc3)c3ccccc3cc2c1. The Kier molecular flexibility index (Phi) is 11.3. The number of hydrogen-bond donors (Lipinski definition) is 0. The molecule has 0 bridgehead atoms. The van der Waals surface area contributed by atoms with E-state index in [9.17, 15) is 0 Å². The van der Waals surface area contributed by atoms with Gasteiger partial charge in [0.1, 0.15) is 0 Å². The average Bonchev–Trinajstić information content (AvgIpc) is 3.61. The molecule has 0 unspecified atom stereocenters. The molecule has 0 amide bonds. The van der Waals surface area contributed by atoms with Crippen LogP contribution in [0.3, 0.4) is 0 Å². The van der Waals surface area contributed by atoms with Crippen molar-refractivity contribution in [1.29, 1.82) is 0 Å². The van der Waals surface area contributed by atoms with E-state index in [1.165, 1.54) is 131 Å². The van der Waals surface area contributed by atoms with Crippen molar-refractivity contribution in [3.63, 3.8) is 0 Å². The van der Waals surface area contributed by atoms with E-state index in [0.29, 0.717) is 0 Å². The molecule has 0 radical (unpaired) electrons. The first-order valence-corrected chi connectivity index (χ1v) is 27.3. The number of nitrogens with zero attached hydrogens (tertiary/aromatic N) is 1. The van der Waals surface area contributed by atoms with Gasteiger partial charge in [0, 0.05) is 17.1 Å². The molecule has 0 aliphatic heterocycles. The van der Waals surface area contributed by atoms with Gasteiger partial charge >= 0.3 is 0 Å². The third kappa shape index (κ3) is 8.28. The lowest BCUT2D eigenvalue weighted by atomic mass is 9.91. The van der Waals surface area contributed by atoms with Gasteiger partial charge in [-0.3, -0.25) is 0 Å². The third-order valence-corrected chi connectivity index (χ3v) is 16.2. The van der Waals surface area contributed by atoms with Gasteiger partial charge in [0.05, 0.1) is 0 Å². The van der Waals surface area contributed by atoms with Gasteiger partial charge in [-0.05, 0) is 186 Å². The molecular weight excluding hydrogens is 951 g/mol. The molecule has 0 spiro atoms. The van der Waals surface area contributed by atoms with E-state index in [1.807, 2.05) is 0 Å². The fourth-order valence-corrected chi connectivity index (χ4v) is 12.3. The quantitative estimate of drug-likeness (QED) is 0.130. The number of hydrogen-bond acceptors (Lipinski definition) is 1. The van der Waals surface area contributed by atoms with E-state index in [2.05, 4.69) is 314 Å². The highest BCUT2D eigenvalue weighted by Gasteiger charge is 2.17. The topological polar surface area (TPSA) is 3.24 Å². The van der Waals surface area contributed by atoms with Crippen molar-refractivity contribution in [2.24, 2.45) is 0 Å². The van der Waals surface area contributed by atoms with Gasteiger partial charge in [0.25, 0.3) is 0 Å². The Morgan fingerprint density at radius 3 is 0.519 bits per heavy atom. The van der Waals surface area contributed by atoms with Crippen LogP contribution < -0.4 is 4.90 Å². The van der Waals surface area contributed by atoms with Gasteiger partial charge in [0.15, 0.2) is 0 Å². The molecule has 79 heavy (non-hydrogen) atoms. The molecule has 0 aromatic heterocycles. The molecule has 0 fully saturated rings. The maximum Gasteiger partial charge on any atom is 0.0462 e. The Morgan fingerprint density at radius 1 is 0.152 bits per heavy atom. The standard InChI is InChI=1S/C78H51N/c1-7-19-70-61(13-1)49-62-14-2-8-20-71(62)76(70)58-31-25-52(26-32-58)55-37-43-67(44-38-55)79(68-45-39-56(40-46-68)53-27-33-59(34-28-53)77-72-21-9-3-15-63(72)50-64-16-4-10-22-73(64)77)69-47-41-57(42-48-69)54-29-35-60(36-30-54)78-74-23-11-5-17-65(74)51-66-18-6-12-24-75(66)78/h1-51H. The first-order chi connectivity index (χ1) is 39.1. The van der Waals surface area contributed by atoms with E-state index >= 15 is 0 Å². The summed E-state index contributed by atoms with van der Waals surface area (Å²) in [5.74, 6) is 0. The summed E-state index contributed by atoms with van der Waals surface area (Å²) in [6, 6.07) is 114. The summed E-state index contributed by atoms with van der Waals surface area (Å²) in [5, 5.41) is 15.2. The third-order valence-electron chi connectivity index (χ3n) is 16.2. The van der Waals surface area contributed by atoms with Crippen LogP contribution in [0.25, 0.3) is 131 Å². The van der Waals surface area contributed by atoms with E-state index in [1.54, 1.807) is 0 Å². The Bertz CT molecular complexity index is 4110. The van der Waals surface area contributed by atoms with Gasteiger partial charge in [-0.1, -0.05) is 255 Å². The monoisotopic (exact) mass is 1000 g/mol. The zero-order valence-electron chi connectivity index (χ0n) is 43.4. The Balaban J connectivity index is 0.763. The van der Waals surface area contributed by atoms with Crippen molar-refractivity contribution in [2.75, 3.05) is 4.90 Å². The molecule has 0 heterocycles. The van der Waals surface area contributed by atoms with Crippen molar-refractivity contribution in [3.05, 3.63) is 309 Å². The molecule has 0 aliphatic carbocycles. The molecular formula is C78H51N. The van der Waals surface area contributed by atoms with Crippen LogP contribution in [0, 0.1) is 0 Å². The molecule has 15 aromatic rings. The van der Waals surface area contributed by atoms with Gasteiger partial charge in [-0.25, -0.2) is 0 Å². The molecule has 0 saturated carbocycles. The molecule has 15 rings (SSSR count). The molecule has 1 nitrogen and oxygen atoms in total. The summed E-state index contributed by atoms with van der Waals surface area (Å²) in [4.78, 5) is 2.37. The van der Waals surface area contributed by atoms with E-state index < -0.39 is 0 Å². The average molecular weight is 1000 g/mol. The van der Waals surface area contributed by atoms with Crippen molar-refractivity contribution >= 4 is 81.7 Å². The molecule has 368 valence electrons. The molecule has 0 saturated heterocycles. The second kappa shape index (κ2) is 19.3. The summed E-state index contributed by atoms with van der Waals surface area (Å²) in [6.45, 7) is 0. The highest BCUT2D eigenvalue weighted by Crippen LogP contribution is 2.43. The van der Waals surface area contributed by atoms with Gasteiger partial charge in [-0.15, -0.1) is 0 Å². The largest absolute Gasteiger partial charge is 0.311 e. The smallest absolute Gasteiger partial charge is 0.0462 e. The summed E-state index contributed by atoms with van der Waals surface area (Å²) >= 11 is 0. The Morgan fingerprint density at radius 2 is 0.316 bits per heavy atom. The normalized spacial score (nSPS) is 11.5. The van der Waals surface area contributed by atoms with Crippen molar-refractivity contribution in [1.82, 2.24) is 0 Å². The van der Waals surface area contributed by atoms with Crippen LogP contribution in [0.5, 0.6) is 0 Å². The van der Waals surface area contributed by atoms with Crippen LogP contribution in [-0.2, 0) is 0 Å². The lowest BCUT2D eigenvalue weighted by Gasteiger charge is -2.26. The minimum atomic E-state index is 1.08. The number of benzene rings is 15. The fraction of sp³-hybridized carbons (Fsp3) is 0. The number of fused-ring (bicyclic) bond motifs is 6. The molecule has 0 N–H and O–H groups in total. The van der Waals surface area contributed by atoms with E-state index in [-0.39, 0.29) is 0 Å². The summed E-state index contributed by atoms with van der Waals surface area (Å²) in [5.41, 5.74) is 17.8. The van der Waals surface area contributed by atoms with Crippen LogP contribution >= 0.6 is 0 Å². The minimum Gasteiger partial charge on any atom is -0.311 e. The van der Waals surface area contributed by atoms with Gasteiger partial charge in [-0.2, -0.15) is 0 Å². The zero-order valence-corrected chi connectivity index (χ0v) is 43.4. The maximum absolute atomic E-state index is 2.37. The highest BCUT2D eigenvalue weighted by molar-refractivity contribution is 6.15. The molecule has 1 heteroatoms. The van der Waals surface area contributed by atoms with Crippen molar-refractivity contribution in [3.8, 4) is 66.8 Å². The number of anilines is 3. The Hall–Kier alpha value is -10.3. The Labute approximate surface area is 460 Å². The van der Waals surface area contributed by atoms with Crippen LogP contribution in [0.15, 0.2) is 309 Å². The maximum atomic E-state index is 2.37. The predicted molar refractivity (Wildman–Crippen MR) is 339 cm³/mol. The van der Waals surface area contributed by atoms with Crippen LogP contribution in [0.1, 0.15) is 0 Å². The summed E-state index contributed by atoms with van der Waals surface area (Å²) < 4.78 is 0. The van der Waals surface area contributed by atoms with Gasteiger partial charge in [0.2, 0.25) is 0 Å². The zero-order chi connectivity index (χ0) is 52.2. The molecule has 0 atom stereocenters. The van der Waals surface area contributed by atoms with E-state index in [4.69, 9.17) is 0 Å². The molecule has 0 aliphatic rings. The summed E-state index contributed by atoms with van der Waals surface area (Å²) in [6.07, 6.45) is 0. The molecule has 15 aromatic carbocycles. The fourth-order valence-electron chi connectivity index (χ4n) is 12.3. The first kappa shape index (κ1) is 46.0. The second-order valence-corrected chi connectivity index (χ2v) is 20.8. The first-order valence-electron chi connectivity index (χ1n) is 27.3. The summed E-state index contributed by atoms with van der Waals surface area (Å²) in [7, 11) is 0. The minimum absolute atomic E-state index is 1.08. The van der Waals surface area contributed by atoms with E-state index in [0.717, 1.165) is 17.1 Å². The van der Waals surface area contributed by atoms with Gasteiger partial charge < -0.3 is 4.90 Å². The lowest BCUT2D eigenvalue weighted by Crippen LogP contribution is -2.09. The van der Waals surface area contributed by atoms with Crippen molar-refractivity contribution < 1.29 is 0 Å². The van der Waals surface area contributed by atoms with Crippen LogP contribution in [-0.4, -0.2) is 0 Å². The number of rotatable bonds is 9. The highest BCUT2D eigenvalue weighted by atomic mass is 15.1. The predicted octanol–water partition coefficient (Wildman–Crippen LogP) is 22.1.